The smallest absolute Gasteiger partial charge is 0.249 e. The third-order valence-corrected chi connectivity index (χ3v) is 2.52. The molecule has 0 aliphatic rings. The molecular weight excluding hydrogens is 184 g/mol. The summed E-state index contributed by atoms with van der Waals surface area (Å²) in [5.74, 6) is 0.479. The van der Waals surface area contributed by atoms with Crippen molar-refractivity contribution >= 4 is 23.4 Å². The fraction of sp³-hybridized carbons (Fsp3) is 0.222. The normalized spacial score (nSPS) is 9.92. The number of nitrogen functional groups attached to an aromatic ring is 1. The second-order valence-corrected chi connectivity index (χ2v) is 3.86. The zero-order valence-electron chi connectivity index (χ0n) is 7.41. The van der Waals surface area contributed by atoms with Crippen LogP contribution in [-0.2, 0) is 0 Å². The molecule has 0 saturated heterocycles. The van der Waals surface area contributed by atoms with Crippen molar-refractivity contribution in [2.24, 2.45) is 5.73 Å². The second kappa shape index (κ2) is 4.18. The Kier molecular flexibility index (Phi) is 3.19. The molecule has 0 atom stereocenters. The molecular formula is C9H12N2OS. The Balaban J connectivity index is 3.10. The van der Waals surface area contributed by atoms with Crippen LogP contribution in [0.2, 0.25) is 0 Å². The van der Waals surface area contributed by atoms with Crippen molar-refractivity contribution in [1.82, 2.24) is 0 Å². The van der Waals surface area contributed by atoms with Crippen LogP contribution in [0.5, 0.6) is 0 Å². The van der Waals surface area contributed by atoms with Crippen molar-refractivity contribution < 1.29 is 4.79 Å². The van der Waals surface area contributed by atoms with Gasteiger partial charge in [0.1, 0.15) is 0 Å². The molecule has 0 unspecified atom stereocenters. The number of anilines is 1. The number of carbonyl (C=O) groups is 1. The van der Waals surface area contributed by atoms with E-state index in [2.05, 4.69) is 0 Å². The highest BCUT2D eigenvalue weighted by molar-refractivity contribution is 7.99. The first-order chi connectivity index (χ1) is 6.15. The summed E-state index contributed by atoms with van der Waals surface area (Å²) >= 11 is 1.58. The Labute approximate surface area is 81.5 Å². The minimum atomic E-state index is -0.428. The molecule has 0 saturated carbocycles. The first-order valence-corrected chi connectivity index (χ1v) is 4.96. The summed E-state index contributed by atoms with van der Waals surface area (Å²) in [6.45, 7) is 2.02. The molecule has 0 bridgehead atoms. The Hall–Kier alpha value is -1.16. The van der Waals surface area contributed by atoms with Crippen molar-refractivity contribution in [3.05, 3.63) is 23.8 Å². The van der Waals surface area contributed by atoms with Crippen LogP contribution in [0, 0.1) is 0 Å². The quantitative estimate of drug-likeness (QED) is 0.568. The molecule has 0 aliphatic carbocycles. The molecule has 13 heavy (non-hydrogen) atoms. The Bertz CT molecular complexity index is 325. The second-order valence-electron chi connectivity index (χ2n) is 2.55. The highest BCUT2D eigenvalue weighted by Gasteiger charge is 2.07. The number of thioether (sulfide) groups is 1. The van der Waals surface area contributed by atoms with Crippen molar-refractivity contribution in [3.63, 3.8) is 0 Å². The third-order valence-electron chi connectivity index (χ3n) is 1.57. The Morgan fingerprint density at radius 2 is 2.23 bits per heavy atom. The van der Waals surface area contributed by atoms with Crippen molar-refractivity contribution in [3.8, 4) is 0 Å². The average molecular weight is 196 g/mol. The van der Waals surface area contributed by atoms with Gasteiger partial charge in [0.2, 0.25) is 5.91 Å². The first kappa shape index (κ1) is 9.92. The van der Waals surface area contributed by atoms with Gasteiger partial charge >= 0.3 is 0 Å². The third kappa shape index (κ3) is 2.39. The van der Waals surface area contributed by atoms with Crippen molar-refractivity contribution in [1.29, 1.82) is 0 Å². The predicted octanol–water partition coefficient (Wildman–Crippen LogP) is 1.48. The Morgan fingerprint density at radius 1 is 1.54 bits per heavy atom. The molecule has 3 nitrogen and oxygen atoms in total. The highest BCUT2D eigenvalue weighted by atomic mass is 32.2. The van der Waals surface area contributed by atoms with Gasteiger partial charge in [-0.2, -0.15) is 0 Å². The standard InChI is InChI=1S/C9H12N2OS/c1-2-13-8-4-3-6(10)5-7(8)9(11)12/h3-5H,2,10H2,1H3,(H2,11,12). The van der Waals surface area contributed by atoms with Gasteiger partial charge in [-0.15, -0.1) is 11.8 Å². The van der Waals surface area contributed by atoms with E-state index >= 15 is 0 Å². The summed E-state index contributed by atoms with van der Waals surface area (Å²) in [5, 5.41) is 0. The zero-order chi connectivity index (χ0) is 9.84. The number of hydrogen-bond donors (Lipinski definition) is 2. The summed E-state index contributed by atoms with van der Waals surface area (Å²) in [5.41, 5.74) is 11.8. The molecule has 0 spiro atoms. The maximum absolute atomic E-state index is 11.0. The van der Waals surface area contributed by atoms with Crippen LogP contribution >= 0.6 is 11.8 Å². The number of hydrogen-bond acceptors (Lipinski definition) is 3. The molecule has 1 aromatic carbocycles. The first-order valence-electron chi connectivity index (χ1n) is 3.97. The molecule has 0 aliphatic heterocycles. The maximum atomic E-state index is 11.0. The lowest BCUT2D eigenvalue weighted by atomic mass is 10.2. The van der Waals surface area contributed by atoms with E-state index in [4.69, 9.17) is 11.5 Å². The summed E-state index contributed by atoms with van der Waals surface area (Å²) < 4.78 is 0. The molecule has 1 amide bonds. The van der Waals surface area contributed by atoms with E-state index in [1.165, 1.54) is 0 Å². The predicted molar refractivity (Wildman–Crippen MR) is 55.8 cm³/mol. The van der Waals surface area contributed by atoms with Gasteiger partial charge in [-0.25, -0.2) is 0 Å². The SMILES string of the molecule is CCSc1ccc(N)cc1C(N)=O. The fourth-order valence-electron chi connectivity index (χ4n) is 1.02. The van der Waals surface area contributed by atoms with Gasteiger partial charge in [0, 0.05) is 10.6 Å². The van der Waals surface area contributed by atoms with Crippen LogP contribution in [0.25, 0.3) is 0 Å². The van der Waals surface area contributed by atoms with E-state index in [0.717, 1.165) is 10.6 Å². The number of benzene rings is 1. The van der Waals surface area contributed by atoms with Gasteiger partial charge in [-0.3, -0.25) is 4.79 Å². The van der Waals surface area contributed by atoms with Gasteiger partial charge in [0.25, 0.3) is 0 Å². The summed E-state index contributed by atoms with van der Waals surface area (Å²) in [6, 6.07) is 5.20. The lowest BCUT2D eigenvalue weighted by molar-refractivity contribution is 0.0997. The molecule has 0 radical (unpaired) electrons. The van der Waals surface area contributed by atoms with E-state index < -0.39 is 5.91 Å². The lowest BCUT2D eigenvalue weighted by Gasteiger charge is -2.05. The van der Waals surface area contributed by atoms with E-state index in [1.807, 2.05) is 13.0 Å². The van der Waals surface area contributed by atoms with Gasteiger partial charge in [0.05, 0.1) is 5.56 Å². The topological polar surface area (TPSA) is 69.1 Å². The van der Waals surface area contributed by atoms with Crippen LogP contribution in [0.3, 0.4) is 0 Å². The van der Waals surface area contributed by atoms with E-state index in [9.17, 15) is 4.79 Å². The van der Waals surface area contributed by atoms with E-state index in [0.29, 0.717) is 11.3 Å². The average Bonchev–Trinajstić information content (AvgIpc) is 2.08. The van der Waals surface area contributed by atoms with Crippen molar-refractivity contribution in [2.45, 2.75) is 11.8 Å². The van der Waals surface area contributed by atoms with Crippen LogP contribution in [0.1, 0.15) is 17.3 Å². The van der Waals surface area contributed by atoms with Gasteiger partial charge in [-0.05, 0) is 24.0 Å². The van der Waals surface area contributed by atoms with Crippen LogP contribution in [0.4, 0.5) is 5.69 Å². The number of nitrogens with two attached hydrogens (primary N) is 2. The summed E-state index contributed by atoms with van der Waals surface area (Å²) in [4.78, 5) is 11.9. The van der Waals surface area contributed by atoms with Crippen molar-refractivity contribution in [2.75, 3.05) is 11.5 Å². The molecule has 4 heteroatoms. The highest BCUT2D eigenvalue weighted by Crippen LogP contribution is 2.23. The molecule has 0 fully saturated rings. The molecule has 4 N–H and O–H groups in total. The van der Waals surface area contributed by atoms with Crippen LogP contribution in [-0.4, -0.2) is 11.7 Å². The molecule has 0 heterocycles. The summed E-state index contributed by atoms with van der Waals surface area (Å²) in [6.07, 6.45) is 0. The largest absolute Gasteiger partial charge is 0.399 e. The molecule has 0 aromatic heterocycles. The van der Waals surface area contributed by atoms with Gasteiger partial charge < -0.3 is 11.5 Å². The Morgan fingerprint density at radius 3 is 2.77 bits per heavy atom. The monoisotopic (exact) mass is 196 g/mol. The number of rotatable bonds is 3. The molecule has 70 valence electrons. The van der Waals surface area contributed by atoms with E-state index in [1.54, 1.807) is 23.9 Å². The number of primary amides is 1. The molecule has 1 rings (SSSR count). The van der Waals surface area contributed by atoms with Crippen LogP contribution < -0.4 is 11.5 Å². The fourth-order valence-corrected chi connectivity index (χ4v) is 1.81. The zero-order valence-corrected chi connectivity index (χ0v) is 8.23. The van der Waals surface area contributed by atoms with E-state index in [-0.39, 0.29) is 0 Å². The maximum Gasteiger partial charge on any atom is 0.249 e. The number of carbonyl (C=O) groups excluding carboxylic acids is 1. The van der Waals surface area contributed by atoms with Gasteiger partial charge in [0.15, 0.2) is 0 Å². The van der Waals surface area contributed by atoms with Gasteiger partial charge in [-0.1, -0.05) is 6.92 Å². The minimum Gasteiger partial charge on any atom is -0.399 e. The van der Waals surface area contributed by atoms with Crippen LogP contribution in [0.15, 0.2) is 23.1 Å². The minimum absolute atomic E-state index is 0.428. The lowest BCUT2D eigenvalue weighted by Crippen LogP contribution is -2.12. The number of amides is 1. The molecule has 1 aromatic rings. The summed E-state index contributed by atoms with van der Waals surface area (Å²) in [7, 11) is 0.